The van der Waals surface area contributed by atoms with Gasteiger partial charge in [0, 0.05) is 12.6 Å². The second kappa shape index (κ2) is 5.95. The average molecular weight is 250 g/mol. The van der Waals surface area contributed by atoms with Crippen LogP contribution in [0.5, 0.6) is 0 Å². The maximum absolute atomic E-state index is 11.7. The molecule has 1 fully saturated rings. The topological polar surface area (TPSA) is 81.4 Å². The van der Waals surface area contributed by atoms with Crippen molar-refractivity contribution in [1.29, 1.82) is 0 Å². The van der Waals surface area contributed by atoms with Gasteiger partial charge in [0.15, 0.2) is 0 Å². The summed E-state index contributed by atoms with van der Waals surface area (Å²) in [6.07, 6.45) is 2.22. The van der Waals surface area contributed by atoms with Gasteiger partial charge in [-0.25, -0.2) is 13.1 Å². The number of ether oxygens (including phenoxy) is 1. The molecule has 5 nitrogen and oxygen atoms in total. The number of nitrogens with two attached hydrogens (primary N) is 1. The molecule has 0 heterocycles. The molecule has 3 atom stereocenters. The lowest BCUT2D eigenvalue weighted by atomic mass is 9.84. The number of sulfonamides is 1. The van der Waals surface area contributed by atoms with Gasteiger partial charge in [0.1, 0.15) is 0 Å². The van der Waals surface area contributed by atoms with Crippen molar-refractivity contribution in [3.63, 3.8) is 0 Å². The van der Waals surface area contributed by atoms with Crippen molar-refractivity contribution in [2.45, 2.75) is 51.3 Å². The molecule has 1 aliphatic carbocycles. The molecule has 1 aliphatic rings. The highest BCUT2D eigenvalue weighted by atomic mass is 32.2. The Morgan fingerprint density at radius 3 is 2.62 bits per heavy atom. The maximum atomic E-state index is 11.7. The van der Waals surface area contributed by atoms with Gasteiger partial charge in [-0.2, -0.15) is 0 Å². The van der Waals surface area contributed by atoms with Gasteiger partial charge in [0.25, 0.3) is 0 Å². The number of nitrogens with one attached hydrogen (secondary N) is 1. The van der Waals surface area contributed by atoms with Crippen molar-refractivity contribution in [3.8, 4) is 0 Å². The van der Waals surface area contributed by atoms with Crippen LogP contribution < -0.4 is 10.5 Å². The molecule has 0 aliphatic heterocycles. The molecule has 6 heteroatoms. The van der Waals surface area contributed by atoms with Crippen LogP contribution in [0, 0.1) is 0 Å². The molecule has 16 heavy (non-hydrogen) atoms. The van der Waals surface area contributed by atoms with E-state index >= 15 is 0 Å². The van der Waals surface area contributed by atoms with E-state index in [0.29, 0.717) is 13.0 Å². The van der Waals surface area contributed by atoms with Gasteiger partial charge < -0.3 is 10.5 Å². The molecule has 0 spiro atoms. The summed E-state index contributed by atoms with van der Waals surface area (Å²) in [5.74, 6) is 0.172. The molecule has 3 N–H and O–H groups in total. The van der Waals surface area contributed by atoms with Crippen LogP contribution >= 0.6 is 0 Å². The molecule has 1 rings (SSSR count). The zero-order chi connectivity index (χ0) is 12.2. The SMILES string of the molecule is CCCCS(=O)(=O)NC1C(N)CC1OCC. The van der Waals surface area contributed by atoms with Crippen LogP contribution in [0.2, 0.25) is 0 Å². The zero-order valence-electron chi connectivity index (χ0n) is 9.98. The summed E-state index contributed by atoms with van der Waals surface area (Å²) >= 11 is 0. The van der Waals surface area contributed by atoms with Crippen molar-refractivity contribution < 1.29 is 13.2 Å². The molecule has 96 valence electrons. The lowest BCUT2D eigenvalue weighted by Gasteiger charge is -2.42. The molecule has 0 amide bonds. The Bertz CT molecular complexity index is 303. The Morgan fingerprint density at radius 2 is 2.12 bits per heavy atom. The van der Waals surface area contributed by atoms with Gasteiger partial charge in [0.2, 0.25) is 10.0 Å². The summed E-state index contributed by atoms with van der Waals surface area (Å²) in [5, 5.41) is 0. The van der Waals surface area contributed by atoms with Gasteiger partial charge in [-0.3, -0.25) is 0 Å². The van der Waals surface area contributed by atoms with Crippen molar-refractivity contribution >= 4 is 10.0 Å². The summed E-state index contributed by atoms with van der Waals surface area (Å²) in [5.41, 5.74) is 5.77. The Labute approximate surface area is 97.8 Å². The predicted molar refractivity (Wildman–Crippen MR) is 63.6 cm³/mol. The third-order valence-electron chi connectivity index (χ3n) is 2.83. The molecule has 1 saturated carbocycles. The third-order valence-corrected chi connectivity index (χ3v) is 4.29. The van der Waals surface area contributed by atoms with Crippen LogP contribution in [0.1, 0.15) is 33.1 Å². The van der Waals surface area contributed by atoms with Crippen molar-refractivity contribution in [2.24, 2.45) is 5.73 Å². The Morgan fingerprint density at radius 1 is 1.44 bits per heavy atom. The minimum Gasteiger partial charge on any atom is -0.377 e. The molecule has 0 bridgehead atoms. The normalized spacial score (nSPS) is 30.1. The van der Waals surface area contributed by atoms with Gasteiger partial charge in [0.05, 0.1) is 17.9 Å². The van der Waals surface area contributed by atoms with Crippen molar-refractivity contribution in [2.75, 3.05) is 12.4 Å². The van der Waals surface area contributed by atoms with Crippen molar-refractivity contribution in [1.82, 2.24) is 4.72 Å². The Hall–Kier alpha value is -0.170. The summed E-state index contributed by atoms with van der Waals surface area (Å²) in [6.45, 7) is 4.45. The molecule has 3 unspecified atom stereocenters. The van der Waals surface area contributed by atoms with Gasteiger partial charge in [-0.15, -0.1) is 0 Å². The smallest absolute Gasteiger partial charge is 0.211 e. The highest BCUT2D eigenvalue weighted by Gasteiger charge is 2.41. The second-order valence-corrected chi connectivity index (χ2v) is 6.08. The lowest BCUT2D eigenvalue weighted by Crippen LogP contribution is -2.64. The van der Waals surface area contributed by atoms with Crippen LogP contribution in [0.25, 0.3) is 0 Å². The molecule has 0 aromatic carbocycles. The quantitative estimate of drug-likeness (QED) is 0.677. The maximum Gasteiger partial charge on any atom is 0.211 e. The van der Waals surface area contributed by atoms with E-state index in [-0.39, 0.29) is 23.9 Å². The van der Waals surface area contributed by atoms with Crippen LogP contribution in [-0.2, 0) is 14.8 Å². The highest BCUT2D eigenvalue weighted by Crippen LogP contribution is 2.23. The van der Waals surface area contributed by atoms with Crippen LogP contribution in [0.4, 0.5) is 0 Å². The monoisotopic (exact) mass is 250 g/mol. The van der Waals surface area contributed by atoms with E-state index in [1.165, 1.54) is 0 Å². The average Bonchev–Trinajstić information content (AvgIpc) is 2.24. The number of unbranched alkanes of at least 4 members (excludes halogenated alkanes) is 1. The Balaban J connectivity index is 2.45. The first kappa shape index (κ1) is 13.9. The molecule has 0 aromatic heterocycles. The fraction of sp³-hybridized carbons (Fsp3) is 1.00. The fourth-order valence-electron chi connectivity index (χ4n) is 1.79. The first-order valence-electron chi connectivity index (χ1n) is 5.87. The van der Waals surface area contributed by atoms with E-state index in [1.54, 1.807) is 0 Å². The fourth-order valence-corrected chi connectivity index (χ4v) is 3.32. The van der Waals surface area contributed by atoms with E-state index in [1.807, 2.05) is 13.8 Å². The summed E-state index contributed by atoms with van der Waals surface area (Å²) in [6, 6.07) is -0.366. The van der Waals surface area contributed by atoms with E-state index in [0.717, 1.165) is 12.8 Å². The molecular formula is C10H22N2O3S. The second-order valence-electron chi connectivity index (χ2n) is 4.21. The predicted octanol–water partition coefficient (Wildman–Crippen LogP) is 0.211. The summed E-state index contributed by atoms with van der Waals surface area (Å²) < 4.78 is 31.4. The lowest BCUT2D eigenvalue weighted by molar-refractivity contribution is -0.0248. The van der Waals surface area contributed by atoms with E-state index in [9.17, 15) is 8.42 Å². The van der Waals surface area contributed by atoms with Gasteiger partial charge in [-0.1, -0.05) is 13.3 Å². The van der Waals surface area contributed by atoms with Crippen molar-refractivity contribution in [3.05, 3.63) is 0 Å². The standard InChI is InChI=1S/C10H22N2O3S/c1-3-5-6-16(13,14)12-10-8(11)7-9(10)15-4-2/h8-10,12H,3-7,11H2,1-2H3. The summed E-state index contributed by atoms with van der Waals surface area (Å²) in [7, 11) is -3.20. The number of rotatable bonds is 7. The number of hydrogen-bond donors (Lipinski definition) is 2. The third kappa shape index (κ3) is 3.69. The Kier molecular flexibility index (Phi) is 5.17. The largest absolute Gasteiger partial charge is 0.377 e. The summed E-state index contributed by atoms with van der Waals surface area (Å²) in [4.78, 5) is 0. The minimum atomic E-state index is -3.20. The zero-order valence-corrected chi connectivity index (χ0v) is 10.8. The van der Waals surface area contributed by atoms with E-state index in [2.05, 4.69) is 4.72 Å². The molecular weight excluding hydrogens is 228 g/mol. The first-order chi connectivity index (χ1) is 7.50. The molecule has 0 saturated heterocycles. The van der Waals surface area contributed by atoms with Crippen LogP contribution in [0.3, 0.4) is 0 Å². The van der Waals surface area contributed by atoms with Crippen LogP contribution in [0.15, 0.2) is 0 Å². The molecule has 0 radical (unpaired) electrons. The van der Waals surface area contributed by atoms with E-state index in [4.69, 9.17) is 10.5 Å². The van der Waals surface area contributed by atoms with Crippen LogP contribution in [-0.4, -0.2) is 39.0 Å². The molecule has 0 aromatic rings. The number of hydrogen-bond acceptors (Lipinski definition) is 4. The van der Waals surface area contributed by atoms with E-state index < -0.39 is 10.0 Å². The van der Waals surface area contributed by atoms with Gasteiger partial charge >= 0.3 is 0 Å². The minimum absolute atomic E-state index is 0.0589. The highest BCUT2D eigenvalue weighted by molar-refractivity contribution is 7.89. The van der Waals surface area contributed by atoms with Gasteiger partial charge in [-0.05, 0) is 19.8 Å². The first-order valence-corrected chi connectivity index (χ1v) is 7.52.